The van der Waals surface area contributed by atoms with E-state index in [0.29, 0.717) is 0 Å². The van der Waals surface area contributed by atoms with Crippen molar-refractivity contribution in [3.63, 3.8) is 0 Å². The summed E-state index contributed by atoms with van der Waals surface area (Å²) in [5, 5.41) is 2.61. The molecule has 1 atom stereocenters. The van der Waals surface area contributed by atoms with Crippen molar-refractivity contribution in [2.45, 2.75) is 13.0 Å². The highest BCUT2D eigenvalue weighted by molar-refractivity contribution is 6.14. The van der Waals surface area contributed by atoms with Crippen LogP contribution in [0.1, 0.15) is 18.5 Å². The zero-order valence-electron chi connectivity index (χ0n) is 26.7. The first-order valence-electron chi connectivity index (χ1n) is 16.3. The number of aromatic nitrogens is 1. The number of fused-ring (bicyclic) bond motifs is 3. The Kier molecular flexibility index (Phi) is 7.39. The molecule has 1 heterocycles. The van der Waals surface area contributed by atoms with Gasteiger partial charge in [0.15, 0.2) is 0 Å². The summed E-state index contributed by atoms with van der Waals surface area (Å²) in [6, 6.07) is 63.7. The van der Waals surface area contributed by atoms with E-state index in [1.54, 1.807) is 0 Å². The molecule has 0 saturated heterocycles. The molecule has 0 aliphatic rings. The van der Waals surface area contributed by atoms with Crippen molar-refractivity contribution in [2.24, 2.45) is 7.05 Å². The van der Waals surface area contributed by atoms with E-state index in [9.17, 15) is 0 Å². The van der Waals surface area contributed by atoms with Crippen LogP contribution >= 0.6 is 0 Å². The molecule has 0 fully saturated rings. The summed E-state index contributed by atoms with van der Waals surface area (Å²) < 4.78 is 2.30. The molecule has 226 valence electrons. The van der Waals surface area contributed by atoms with E-state index in [0.717, 1.165) is 0 Å². The Hall–Kier alpha value is -5.86. The topological polar surface area (TPSA) is 8.17 Å². The summed E-state index contributed by atoms with van der Waals surface area (Å²) in [6.07, 6.45) is 0. The zero-order chi connectivity index (χ0) is 31.7. The van der Waals surface area contributed by atoms with Gasteiger partial charge < -0.3 is 9.47 Å². The van der Waals surface area contributed by atoms with Crippen LogP contribution in [0.2, 0.25) is 0 Å². The van der Waals surface area contributed by atoms with Gasteiger partial charge in [-0.3, -0.25) is 0 Å². The van der Waals surface area contributed by atoms with Gasteiger partial charge >= 0.3 is 0 Å². The molecule has 2 nitrogen and oxygen atoms in total. The van der Waals surface area contributed by atoms with E-state index in [2.05, 4.69) is 199 Å². The lowest BCUT2D eigenvalue weighted by Gasteiger charge is -2.32. The van der Waals surface area contributed by atoms with Crippen LogP contribution in [0.3, 0.4) is 0 Å². The van der Waals surface area contributed by atoms with Gasteiger partial charge in [-0.25, -0.2) is 0 Å². The van der Waals surface area contributed by atoms with E-state index in [1.807, 2.05) is 0 Å². The maximum absolute atomic E-state index is 2.43. The Bertz CT molecular complexity index is 2280. The highest BCUT2D eigenvalue weighted by atomic mass is 15.2. The summed E-state index contributed by atoms with van der Waals surface area (Å²) in [4.78, 5) is 2.43. The lowest BCUT2D eigenvalue weighted by atomic mass is 9.96. The lowest BCUT2D eigenvalue weighted by molar-refractivity contribution is 0.774. The number of para-hydroxylation sites is 2. The first kappa shape index (κ1) is 28.6. The van der Waals surface area contributed by atoms with Crippen LogP contribution in [0.5, 0.6) is 0 Å². The maximum atomic E-state index is 2.43. The molecule has 0 bridgehead atoms. The van der Waals surface area contributed by atoms with Gasteiger partial charge in [-0.15, -0.1) is 0 Å². The highest BCUT2D eigenvalue weighted by Crippen LogP contribution is 2.39. The van der Waals surface area contributed by atoms with Gasteiger partial charge in [0.05, 0.1) is 6.04 Å². The van der Waals surface area contributed by atoms with Crippen molar-refractivity contribution in [1.29, 1.82) is 0 Å². The van der Waals surface area contributed by atoms with Crippen molar-refractivity contribution in [3.05, 3.63) is 181 Å². The third-order valence-corrected chi connectivity index (χ3v) is 9.54. The average molecular weight is 605 g/mol. The Morgan fingerprint density at radius 3 is 1.60 bits per heavy atom. The van der Waals surface area contributed by atoms with Crippen LogP contribution in [0, 0.1) is 0 Å². The van der Waals surface area contributed by atoms with E-state index >= 15 is 0 Å². The van der Waals surface area contributed by atoms with E-state index < -0.39 is 0 Å². The molecule has 0 unspecified atom stereocenters. The summed E-state index contributed by atoms with van der Waals surface area (Å²) in [5.74, 6) is 0. The van der Waals surface area contributed by atoms with Gasteiger partial charge in [0.2, 0.25) is 0 Å². The molecule has 1 aromatic heterocycles. The van der Waals surface area contributed by atoms with Gasteiger partial charge in [-0.2, -0.15) is 0 Å². The summed E-state index contributed by atoms with van der Waals surface area (Å²) in [7, 11) is 2.16. The first-order valence-corrected chi connectivity index (χ1v) is 16.3. The Morgan fingerprint density at radius 1 is 0.426 bits per heavy atom. The van der Waals surface area contributed by atoms with Crippen LogP contribution in [0.4, 0.5) is 11.4 Å². The number of anilines is 2. The van der Waals surface area contributed by atoms with Gasteiger partial charge in [0, 0.05) is 40.2 Å². The smallest absolute Gasteiger partial charge is 0.0563 e. The maximum Gasteiger partial charge on any atom is 0.0563 e. The molecule has 0 spiro atoms. The van der Waals surface area contributed by atoms with Crippen LogP contribution in [-0.4, -0.2) is 4.57 Å². The number of aryl methyl sites for hydroxylation is 1. The molecule has 0 aliphatic heterocycles. The first-order chi connectivity index (χ1) is 23.2. The quantitative estimate of drug-likeness (QED) is 0.176. The third-order valence-electron chi connectivity index (χ3n) is 9.54. The van der Waals surface area contributed by atoms with Gasteiger partial charge in [0.25, 0.3) is 0 Å². The van der Waals surface area contributed by atoms with Crippen molar-refractivity contribution in [3.8, 4) is 33.4 Å². The van der Waals surface area contributed by atoms with Crippen molar-refractivity contribution >= 4 is 33.2 Å². The SMILES string of the molecule is C[C@@H](c1ccc(-c2ccccc2)cc1)N(c1ccccc1)c1ccc(-c2ccc(-c3cccc4c3c3ccccc3n4C)cc2)cc1. The Labute approximate surface area is 276 Å². The monoisotopic (exact) mass is 604 g/mol. The molecular formula is C45H36N2. The number of hydrogen-bond acceptors (Lipinski definition) is 1. The lowest BCUT2D eigenvalue weighted by Crippen LogP contribution is -2.21. The predicted octanol–water partition coefficient (Wildman–Crippen LogP) is 12.2. The van der Waals surface area contributed by atoms with Gasteiger partial charge in [0.1, 0.15) is 0 Å². The molecule has 8 rings (SSSR count). The molecule has 7 aromatic carbocycles. The van der Waals surface area contributed by atoms with E-state index in [-0.39, 0.29) is 6.04 Å². The second-order valence-corrected chi connectivity index (χ2v) is 12.3. The normalized spacial score (nSPS) is 12.0. The number of nitrogens with zero attached hydrogens (tertiary/aromatic N) is 2. The number of hydrogen-bond donors (Lipinski definition) is 0. The minimum Gasteiger partial charge on any atom is -0.344 e. The predicted molar refractivity (Wildman–Crippen MR) is 200 cm³/mol. The molecular weight excluding hydrogens is 569 g/mol. The fourth-order valence-corrected chi connectivity index (χ4v) is 7.03. The van der Waals surface area contributed by atoms with Crippen LogP contribution in [-0.2, 0) is 7.05 Å². The average Bonchev–Trinajstić information content (AvgIpc) is 3.44. The van der Waals surface area contributed by atoms with E-state index in [1.165, 1.54) is 72.1 Å². The van der Waals surface area contributed by atoms with Gasteiger partial charge in [-0.1, -0.05) is 140 Å². The molecule has 0 radical (unpaired) electrons. The fourth-order valence-electron chi connectivity index (χ4n) is 7.03. The molecule has 0 saturated carbocycles. The Balaban J connectivity index is 1.09. The van der Waals surface area contributed by atoms with Gasteiger partial charge in [-0.05, 0) is 82.3 Å². The third kappa shape index (κ3) is 5.28. The molecule has 2 heteroatoms. The fraction of sp³-hybridized carbons (Fsp3) is 0.0667. The molecule has 0 aliphatic carbocycles. The molecule has 47 heavy (non-hydrogen) atoms. The second-order valence-electron chi connectivity index (χ2n) is 12.3. The zero-order valence-corrected chi connectivity index (χ0v) is 26.7. The van der Waals surface area contributed by atoms with Crippen molar-refractivity contribution < 1.29 is 0 Å². The van der Waals surface area contributed by atoms with Crippen LogP contribution < -0.4 is 4.90 Å². The largest absolute Gasteiger partial charge is 0.344 e. The highest BCUT2D eigenvalue weighted by Gasteiger charge is 2.19. The second kappa shape index (κ2) is 12.2. The van der Waals surface area contributed by atoms with Crippen LogP contribution in [0.15, 0.2) is 176 Å². The van der Waals surface area contributed by atoms with Crippen molar-refractivity contribution in [2.75, 3.05) is 4.90 Å². The number of rotatable bonds is 7. The van der Waals surface area contributed by atoms with E-state index in [4.69, 9.17) is 0 Å². The standard InChI is InChI=1S/C45H36N2/c1-32(33-20-22-35(23-21-33)34-12-5-3-6-13-34)47(39-14-7-4-8-15-39)40-30-28-37(29-31-40)36-24-26-38(27-25-36)41-17-11-19-44-45(41)42-16-9-10-18-43(42)46(44)2/h3-32H,1-2H3/t32-/m0/s1. The van der Waals surface area contributed by atoms with Crippen molar-refractivity contribution in [1.82, 2.24) is 4.57 Å². The molecule has 0 N–H and O–H groups in total. The van der Waals surface area contributed by atoms with Crippen LogP contribution in [0.25, 0.3) is 55.2 Å². The summed E-state index contributed by atoms with van der Waals surface area (Å²) in [5.41, 5.74) is 13.5. The minimum atomic E-state index is 0.143. The minimum absolute atomic E-state index is 0.143. The summed E-state index contributed by atoms with van der Waals surface area (Å²) >= 11 is 0. The Morgan fingerprint density at radius 2 is 0.915 bits per heavy atom. The summed E-state index contributed by atoms with van der Waals surface area (Å²) in [6.45, 7) is 2.29. The number of benzene rings is 7. The molecule has 0 amide bonds. The molecule has 8 aromatic rings.